The number of benzene rings is 5. The first kappa shape index (κ1) is 21.0. The van der Waals surface area contributed by atoms with E-state index in [1.165, 1.54) is 49.7 Å². The summed E-state index contributed by atoms with van der Waals surface area (Å²) in [6, 6.07) is 41.9. The fourth-order valence-corrected chi connectivity index (χ4v) is 6.09. The fraction of sp³-hybridized carbons (Fsp3) is 0.118. The first-order valence-corrected chi connectivity index (χ1v) is 12.8. The SMILES string of the molecule is Nn1c2ccccc2c2cc(-c3ccc4c(c3)-c3ccccc3CC4CCc3ccccc3)ccc21. The fourth-order valence-electron chi connectivity index (χ4n) is 6.09. The number of fused-ring (bicyclic) bond motifs is 6. The maximum atomic E-state index is 6.41. The highest BCUT2D eigenvalue weighted by atomic mass is 15.3. The van der Waals surface area contributed by atoms with Crippen LogP contribution < -0.4 is 5.84 Å². The topological polar surface area (TPSA) is 30.9 Å². The van der Waals surface area contributed by atoms with Crippen LogP contribution in [0.1, 0.15) is 29.0 Å². The smallest absolute Gasteiger partial charge is 0.0704 e. The van der Waals surface area contributed by atoms with Crippen molar-refractivity contribution in [1.82, 2.24) is 4.68 Å². The third-order valence-electron chi connectivity index (χ3n) is 7.93. The second-order valence-corrected chi connectivity index (χ2v) is 10.0. The molecule has 2 N–H and O–H groups in total. The molecule has 0 bridgehead atoms. The van der Waals surface area contributed by atoms with Gasteiger partial charge in [-0.1, -0.05) is 91.0 Å². The average molecular weight is 465 g/mol. The molecule has 2 heteroatoms. The quantitative estimate of drug-likeness (QED) is 0.262. The van der Waals surface area contributed by atoms with Crippen LogP contribution >= 0.6 is 0 Å². The summed E-state index contributed by atoms with van der Waals surface area (Å²) in [4.78, 5) is 0. The summed E-state index contributed by atoms with van der Waals surface area (Å²) in [6.45, 7) is 0. The number of nitrogens with zero attached hydrogens (tertiary/aromatic N) is 1. The molecular weight excluding hydrogens is 436 g/mol. The van der Waals surface area contributed by atoms with Crippen LogP contribution in [-0.2, 0) is 12.8 Å². The van der Waals surface area contributed by atoms with Crippen molar-refractivity contribution in [1.29, 1.82) is 0 Å². The predicted molar refractivity (Wildman–Crippen MR) is 152 cm³/mol. The summed E-state index contributed by atoms with van der Waals surface area (Å²) in [5, 5.41) is 2.39. The molecule has 1 aliphatic rings. The van der Waals surface area contributed by atoms with Crippen LogP contribution in [-0.4, -0.2) is 4.68 Å². The van der Waals surface area contributed by atoms with Crippen molar-refractivity contribution in [2.75, 3.05) is 5.84 Å². The number of aryl methyl sites for hydroxylation is 1. The number of rotatable bonds is 4. The Kier molecular flexibility index (Phi) is 4.92. The first-order chi connectivity index (χ1) is 17.8. The average Bonchev–Trinajstić information content (AvgIpc) is 3.23. The Hall–Kier alpha value is -4.30. The first-order valence-electron chi connectivity index (χ1n) is 12.8. The normalized spacial score (nSPS) is 14.6. The van der Waals surface area contributed by atoms with Gasteiger partial charge in [0.2, 0.25) is 0 Å². The van der Waals surface area contributed by atoms with Gasteiger partial charge in [-0.2, -0.15) is 0 Å². The van der Waals surface area contributed by atoms with E-state index in [2.05, 4.69) is 109 Å². The van der Waals surface area contributed by atoms with Gasteiger partial charge in [-0.3, -0.25) is 4.68 Å². The van der Waals surface area contributed by atoms with Gasteiger partial charge in [-0.15, -0.1) is 0 Å². The second kappa shape index (κ2) is 8.42. The molecule has 2 nitrogen and oxygen atoms in total. The zero-order valence-corrected chi connectivity index (χ0v) is 20.2. The minimum atomic E-state index is 0.529. The zero-order valence-electron chi connectivity index (χ0n) is 20.2. The van der Waals surface area contributed by atoms with Crippen LogP contribution in [0.25, 0.3) is 44.1 Å². The molecule has 1 heterocycles. The van der Waals surface area contributed by atoms with Crippen LogP contribution in [0.2, 0.25) is 0 Å². The molecule has 0 amide bonds. The largest absolute Gasteiger partial charge is 0.339 e. The lowest BCUT2D eigenvalue weighted by Gasteiger charge is -2.28. The summed E-state index contributed by atoms with van der Waals surface area (Å²) < 4.78 is 1.80. The number of aromatic nitrogens is 1. The van der Waals surface area contributed by atoms with Crippen molar-refractivity contribution >= 4 is 21.8 Å². The highest BCUT2D eigenvalue weighted by Crippen LogP contribution is 2.43. The molecular formula is C34H28N2. The minimum Gasteiger partial charge on any atom is -0.339 e. The van der Waals surface area contributed by atoms with E-state index in [9.17, 15) is 0 Å². The third kappa shape index (κ3) is 3.41. The zero-order chi connectivity index (χ0) is 24.1. The lowest BCUT2D eigenvalue weighted by molar-refractivity contribution is 0.616. The molecule has 7 rings (SSSR count). The van der Waals surface area contributed by atoms with Crippen LogP contribution in [0.4, 0.5) is 0 Å². The van der Waals surface area contributed by atoms with Gasteiger partial charge in [-0.05, 0) is 88.4 Å². The molecule has 0 spiro atoms. The van der Waals surface area contributed by atoms with Gasteiger partial charge >= 0.3 is 0 Å². The Bertz CT molecular complexity index is 1730. The van der Waals surface area contributed by atoms with Crippen LogP contribution in [0.3, 0.4) is 0 Å². The predicted octanol–water partition coefficient (Wildman–Crippen LogP) is 8.11. The molecule has 0 fully saturated rings. The molecule has 174 valence electrons. The summed E-state index contributed by atoms with van der Waals surface area (Å²) in [7, 11) is 0. The Morgan fingerprint density at radius 2 is 1.36 bits per heavy atom. The molecule has 0 aliphatic heterocycles. The van der Waals surface area contributed by atoms with E-state index < -0.39 is 0 Å². The van der Waals surface area contributed by atoms with Gasteiger partial charge in [0.25, 0.3) is 0 Å². The van der Waals surface area contributed by atoms with Crippen molar-refractivity contribution < 1.29 is 0 Å². The van der Waals surface area contributed by atoms with Gasteiger partial charge in [0.15, 0.2) is 0 Å². The van der Waals surface area contributed by atoms with Crippen molar-refractivity contribution in [3.63, 3.8) is 0 Å². The Labute approximate surface area is 211 Å². The van der Waals surface area contributed by atoms with E-state index in [4.69, 9.17) is 5.84 Å². The molecule has 0 saturated carbocycles. The van der Waals surface area contributed by atoms with E-state index in [1.54, 1.807) is 4.68 Å². The molecule has 0 saturated heterocycles. The molecule has 1 unspecified atom stereocenters. The molecule has 1 aliphatic carbocycles. The summed E-state index contributed by atoms with van der Waals surface area (Å²) in [5.74, 6) is 6.94. The lowest BCUT2D eigenvalue weighted by Crippen LogP contribution is -2.12. The highest BCUT2D eigenvalue weighted by Gasteiger charge is 2.25. The van der Waals surface area contributed by atoms with Crippen molar-refractivity contribution in [2.45, 2.75) is 25.2 Å². The van der Waals surface area contributed by atoms with Gasteiger partial charge in [-0.25, -0.2) is 0 Å². The van der Waals surface area contributed by atoms with E-state index in [0.717, 1.165) is 30.3 Å². The Morgan fingerprint density at radius 1 is 0.639 bits per heavy atom. The molecule has 5 aromatic carbocycles. The van der Waals surface area contributed by atoms with Crippen LogP contribution in [0.15, 0.2) is 115 Å². The molecule has 1 aromatic heterocycles. The second-order valence-electron chi connectivity index (χ2n) is 10.0. The van der Waals surface area contributed by atoms with Crippen molar-refractivity contribution in [2.24, 2.45) is 0 Å². The van der Waals surface area contributed by atoms with E-state index in [1.807, 2.05) is 6.07 Å². The van der Waals surface area contributed by atoms with Gasteiger partial charge in [0.05, 0.1) is 11.0 Å². The van der Waals surface area contributed by atoms with Crippen molar-refractivity contribution in [3.05, 3.63) is 132 Å². The Balaban J connectivity index is 1.32. The summed E-state index contributed by atoms with van der Waals surface area (Å²) >= 11 is 0. The van der Waals surface area contributed by atoms with Crippen LogP contribution in [0, 0.1) is 0 Å². The monoisotopic (exact) mass is 464 g/mol. The number of nitrogens with two attached hydrogens (primary N) is 1. The Morgan fingerprint density at radius 3 is 2.28 bits per heavy atom. The van der Waals surface area contributed by atoms with Gasteiger partial charge < -0.3 is 5.84 Å². The van der Waals surface area contributed by atoms with Gasteiger partial charge in [0, 0.05) is 10.8 Å². The molecule has 0 radical (unpaired) electrons. The number of hydrogen-bond donors (Lipinski definition) is 1. The standard InChI is InChI=1S/C34H28N2/c35-36-33-13-7-6-12-30(33)32-22-25(17-19-34(32)36)24-16-18-29-27(15-14-23-8-2-1-3-9-23)20-26-10-4-5-11-28(26)31(29)21-24/h1-13,16-19,21-22,27H,14-15,20,35H2. The maximum Gasteiger partial charge on any atom is 0.0704 e. The maximum absolute atomic E-state index is 6.41. The molecule has 1 atom stereocenters. The van der Waals surface area contributed by atoms with E-state index in [-0.39, 0.29) is 0 Å². The third-order valence-corrected chi connectivity index (χ3v) is 7.93. The van der Waals surface area contributed by atoms with Crippen molar-refractivity contribution in [3.8, 4) is 22.3 Å². The number of nitrogen functional groups attached to an aromatic ring is 1. The highest BCUT2D eigenvalue weighted by molar-refractivity contribution is 6.09. The van der Waals surface area contributed by atoms with E-state index >= 15 is 0 Å². The van der Waals surface area contributed by atoms with E-state index in [0.29, 0.717) is 5.92 Å². The summed E-state index contributed by atoms with van der Waals surface area (Å²) in [6.07, 6.45) is 3.37. The molecule has 36 heavy (non-hydrogen) atoms. The van der Waals surface area contributed by atoms with Gasteiger partial charge in [0.1, 0.15) is 0 Å². The number of hydrogen-bond acceptors (Lipinski definition) is 1. The minimum absolute atomic E-state index is 0.529. The molecule has 6 aromatic rings. The van der Waals surface area contributed by atoms with Crippen LogP contribution in [0.5, 0.6) is 0 Å². The summed E-state index contributed by atoms with van der Waals surface area (Å²) in [5.41, 5.74) is 11.7. The lowest BCUT2D eigenvalue weighted by atomic mass is 9.75. The number of para-hydroxylation sites is 1.